The maximum absolute atomic E-state index is 12.6. The average Bonchev–Trinajstić information content (AvgIpc) is 2.38. The van der Waals surface area contributed by atoms with E-state index in [1.165, 1.54) is 6.07 Å². The van der Waals surface area contributed by atoms with E-state index in [1.807, 2.05) is 25.1 Å². The first kappa shape index (κ1) is 13.9. The highest BCUT2D eigenvalue weighted by Crippen LogP contribution is 2.32. The second-order valence-electron chi connectivity index (χ2n) is 4.36. The number of anilines is 2. The van der Waals surface area contributed by atoms with E-state index in [0.29, 0.717) is 5.69 Å². The third-order valence-corrected chi connectivity index (χ3v) is 2.76. The molecule has 5 heteroatoms. The molecule has 102 valence electrons. The van der Waals surface area contributed by atoms with Crippen molar-refractivity contribution in [3.8, 4) is 6.07 Å². The van der Waals surface area contributed by atoms with Crippen molar-refractivity contribution in [2.24, 2.45) is 0 Å². The molecule has 0 saturated heterocycles. The van der Waals surface area contributed by atoms with Crippen molar-refractivity contribution in [3.63, 3.8) is 0 Å². The van der Waals surface area contributed by atoms with E-state index in [9.17, 15) is 13.2 Å². The third kappa shape index (κ3) is 3.09. The zero-order valence-corrected chi connectivity index (χ0v) is 10.6. The number of hydrogen-bond donors (Lipinski definition) is 1. The number of aryl methyl sites for hydroxylation is 1. The van der Waals surface area contributed by atoms with Gasteiger partial charge in [0, 0.05) is 5.69 Å². The van der Waals surface area contributed by atoms with Gasteiger partial charge in [0.25, 0.3) is 0 Å². The molecule has 1 N–H and O–H groups in total. The Kier molecular flexibility index (Phi) is 3.66. The lowest BCUT2D eigenvalue weighted by Crippen LogP contribution is -2.06. The summed E-state index contributed by atoms with van der Waals surface area (Å²) in [6.07, 6.45) is -4.45. The standard InChI is InChI=1S/C15H11F3N2/c1-10-3-2-4-13(7-10)20-14-6-5-12(15(16,17)18)8-11(14)9-19/h2-8,20H,1H3. The van der Waals surface area contributed by atoms with Crippen molar-refractivity contribution in [2.75, 3.05) is 5.32 Å². The minimum absolute atomic E-state index is 0.0404. The van der Waals surface area contributed by atoms with Gasteiger partial charge in [0.2, 0.25) is 0 Å². The van der Waals surface area contributed by atoms with Crippen molar-refractivity contribution in [3.05, 3.63) is 59.2 Å². The predicted octanol–water partition coefficient (Wildman–Crippen LogP) is 4.63. The highest BCUT2D eigenvalue weighted by molar-refractivity contribution is 5.67. The van der Waals surface area contributed by atoms with Gasteiger partial charge in [-0.15, -0.1) is 0 Å². The maximum Gasteiger partial charge on any atom is 0.416 e. The molecule has 0 aliphatic carbocycles. The molecule has 0 fully saturated rings. The number of rotatable bonds is 2. The van der Waals surface area contributed by atoms with Gasteiger partial charge >= 0.3 is 6.18 Å². The summed E-state index contributed by atoms with van der Waals surface area (Å²) in [6, 6.07) is 12.2. The zero-order valence-electron chi connectivity index (χ0n) is 10.6. The fraction of sp³-hybridized carbons (Fsp3) is 0.133. The number of benzene rings is 2. The first-order valence-electron chi connectivity index (χ1n) is 5.85. The molecule has 0 bridgehead atoms. The summed E-state index contributed by atoms with van der Waals surface area (Å²) in [5.41, 5.74) is 1.22. The minimum Gasteiger partial charge on any atom is -0.354 e. The van der Waals surface area contributed by atoms with Gasteiger partial charge in [-0.25, -0.2) is 0 Å². The predicted molar refractivity (Wildman–Crippen MR) is 70.6 cm³/mol. The van der Waals surface area contributed by atoms with Gasteiger partial charge in [0.15, 0.2) is 0 Å². The fourth-order valence-corrected chi connectivity index (χ4v) is 1.80. The Bertz CT molecular complexity index is 670. The number of halogens is 3. The van der Waals surface area contributed by atoms with E-state index >= 15 is 0 Å². The Labute approximate surface area is 114 Å². The number of hydrogen-bond acceptors (Lipinski definition) is 2. The molecule has 2 nitrogen and oxygen atoms in total. The van der Waals surface area contributed by atoms with Gasteiger partial charge in [-0.05, 0) is 42.8 Å². The van der Waals surface area contributed by atoms with Gasteiger partial charge in [-0.2, -0.15) is 18.4 Å². The van der Waals surface area contributed by atoms with Crippen LogP contribution in [0.3, 0.4) is 0 Å². The molecule has 0 aromatic heterocycles. The number of nitrogens with one attached hydrogen (secondary N) is 1. The Hall–Kier alpha value is -2.48. The molecule has 0 atom stereocenters. The number of alkyl halides is 3. The zero-order chi connectivity index (χ0) is 14.8. The molecule has 0 amide bonds. The molecule has 2 aromatic rings. The molecular formula is C15H11F3N2. The van der Waals surface area contributed by atoms with Crippen molar-refractivity contribution >= 4 is 11.4 Å². The second-order valence-corrected chi connectivity index (χ2v) is 4.36. The van der Waals surface area contributed by atoms with Crippen molar-refractivity contribution in [1.82, 2.24) is 0 Å². The minimum atomic E-state index is -4.45. The van der Waals surface area contributed by atoms with Crippen LogP contribution in [0.1, 0.15) is 16.7 Å². The van der Waals surface area contributed by atoms with E-state index in [1.54, 1.807) is 12.1 Å². The van der Waals surface area contributed by atoms with Gasteiger partial charge in [0.05, 0.1) is 16.8 Å². The lowest BCUT2D eigenvalue weighted by atomic mass is 10.1. The van der Waals surface area contributed by atoms with Gasteiger partial charge in [0.1, 0.15) is 6.07 Å². The monoisotopic (exact) mass is 276 g/mol. The molecule has 0 unspecified atom stereocenters. The van der Waals surface area contributed by atoms with E-state index < -0.39 is 11.7 Å². The van der Waals surface area contributed by atoms with Crippen LogP contribution in [-0.2, 0) is 6.18 Å². The van der Waals surface area contributed by atoms with Gasteiger partial charge < -0.3 is 5.32 Å². The normalized spacial score (nSPS) is 10.9. The first-order valence-corrected chi connectivity index (χ1v) is 5.85. The van der Waals surface area contributed by atoms with Crippen molar-refractivity contribution < 1.29 is 13.2 Å². The summed E-state index contributed by atoms with van der Waals surface area (Å²) >= 11 is 0. The Balaban J connectivity index is 2.36. The van der Waals surface area contributed by atoms with E-state index in [0.717, 1.165) is 23.4 Å². The Morgan fingerprint density at radius 3 is 2.45 bits per heavy atom. The van der Waals surface area contributed by atoms with Crippen molar-refractivity contribution in [1.29, 1.82) is 5.26 Å². The van der Waals surface area contributed by atoms with Crippen LogP contribution in [0, 0.1) is 18.3 Å². The fourth-order valence-electron chi connectivity index (χ4n) is 1.80. The molecule has 0 saturated carbocycles. The largest absolute Gasteiger partial charge is 0.416 e. The molecule has 20 heavy (non-hydrogen) atoms. The van der Waals surface area contributed by atoms with Gasteiger partial charge in [-0.3, -0.25) is 0 Å². The lowest BCUT2D eigenvalue weighted by Gasteiger charge is -2.12. The van der Waals surface area contributed by atoms with Crippen LogP contribution in [-0.4, -0.2) is 0 Å². The van der Waals surface area contributed by atoms with Crippen molar-refractivity contribution in [2.45, 2.75) is 13.1 Å². The number of nitriles is 1. The Morgan fingerprint density at radius 2 is 1.85 bits per heavy atom. The van der Waals surface area contributed by atoms with Crippen LogP contribution in [0.25, 0.3) is 0 Å². The van der Waals surface area contributed by atoms with E-state index in [4.69, 9.17) is 5.26 Å². The summed E-state index contributed by atoms with van der Waals surface area (Å²) in [7, 11) is 0. The third-order valence-electron chi connectivity index (χ3n) is 2.76. The average molecular weight is 276 g/mol. The Morgan fingerprint density at radius 1 is 1.10 bits per heavy atom. The summed E-state index contributed by atoms with van der Waals surface area (Å²) in [5, 5.41) is 11.9. The molecule has 0 aliphatic rings. The summed E-state index contributed by atoms with van der Waals surface area (Å²) in [5.74, 6) is 0. The molecule has 0 aliphatic heterocycles. The van der Waals surface area contributed by atoms with E-state index in [2.05, 4.69) is 5.32 Å². The van der Waals surface area contributed by atoms with Crippen LogP contribution < -0.4 is 5.32 Å². The van der Waals surface area contributed by atoms with Crippen LogP contribution in [0.5, 0.6) is 0 Å². The molecular weight excluding hydrogens is 265 g/mol. The highest BCUT2D eigenvalue weighted by Gasteiger charge is 2.31. The van der Waals surface area contributed by atoms with Crippen LogP contribution >= 0.6 is 0 Å². The quantitative estimate of drug-likeness (QED) is 0.868. The highest BCUT2D eigenvalue weighted by atomic mass is 19.4. The first-order chi connectivity index (χ1) is 9.40. The molecule has 2 rings (SSSR count). The van der Waals surface area contributed by atoms with E-state index in [-0.39, 0.29) is 5.56 Å². The molecule has 0 radical (unpaired) electrons. The van der Waals surface area contributed by atoms with Crippen LogP contribution in [0.2, 0.25) is 0 Å². The molecule has 0 spiro atoms. The van der Waals surface area contributed by atoms with Crippen LogP contribution in [0.4, 0.5) is 24.5 Å². The maximum atomic E-state index is 12.6. The molecule has 0 heterocycles. The second kappa shape index (κ2) is 5.25. The summed E-state index contributed by atoms with van der Waals surface area (Å²) < 4.78 is 37.8. The SMILES string of the molecule is Cc1cccc(Nc2ccc(C(F)(F)F)cc2C#N)c1. The number of nitrogens with zero attached hydrogens (tertiary/aromatic N) is 1. The smallest absolute Gasteiger partial charge is 0.354 e. The summed E-state index contributed by atoms with van der Waals surface area (Å²) in [4.78, 5) is 0. The summed E-state index contributed by atoms with van der Waals surface area (Å²) in [6.45, 7) is 1.91. The van der Waals surface area contributed by atoms with Crippen LogP contribution in [0.15, 0.2) is 42.5 Å². The molecule has 2 aromatic carbocycles. The van der Waals surface area contributed by atoms with Gasteiger partial charge in [-0.1, -0.05) is 12.1 Å². The lowest BCUT2D eigenvalue weighted by molar-refractivity contribution is -0.137. The topological polar surface area (TPSA) is 35.8 Å².